The van der Waals surface area contributed by atoms with E-state index in [4.69, 9.17) is 4.74 Å². The van der Waals surface area contributed by atoms with Crippen molar-refractivity contribution in [3.05, 3.63) is 30.3 Å². The van der Waals surface area contributed by atoms with Gasteiger partial charge in [-0.1, -0.05) is 25.1 Å². The van der Waals surface area contributed by atoms with Crippen LogP contribution in [-0.4, -0.2) is 57.2 Å². The number of benzene rings is 1. The molecule has 0 aromatic heterocycles. The number of esters is 1. The van der Waals surface area contributed by atoms with Crippen molar-refractivity contribution in [2.24, 2.45) is 16.8 Å². The third-order valence-electron chi connectivity index (χ3n) is 4.37. The summed E-state index contributed by atoms with van der Waals surface area (Å²) in [6.45, 7) is 5.30. The molecule has 0 saturated carbocycles. The van der Waals surface area contributed by atoms with E-state index in [2.05, 4.69) is 39.6 Å². The van der Waals surface area contributed by atoms with Gasteiger partial charge in [0.2, 0.25) is 0 Å². The van der Waals surface area contributed by atoms with E-state index < -0.39 is 0 Å². The van der Waals surface area contributed by atoms with Crippen LogP contribution in [0.3, 0.4) is 0 Å². The smallest absolute Gasteiger partial charge is 0.310 e. The van der Waals surface area contributed by atoms with Crippen LogP contribution in [0, 0.1) is 11.8 Å². The quantitative estimate of drug-likeness (QED) is 0.360. The first-order valence-electron chi connectivity index (χ1n) is 8.48. The molecule has 1 aromatic rings. The second kappa shape index (κ2) is 9.15. The van der Waals surface area contributed by atoms with E-state index >= 15 is 0 Å². The minimum absolute atomic E-state index is 0.0757. The molecule has 2 unspecified atom stereocenters. The molecule has 2 N–H and O–H groups in total. The molecule has 132 valence electrons. The Bertz CT molecular complexity index is 547. The van der Waals surface area contributed by atoms with Crippen LogP contribution in [0.5, 0.6) is 0 Å². The normalized spacial score (nSPS) is 20.8. The van der Waals surface area contributed by atoms with E-state index in [-0.39, 0.29) is 17.8 Å². The van der Waals surface area contributed by atoms with E-state index in [0.29, 0.717) is 6.54 Å². The predicted molar refractivity (Wildman–Crippen MR) is 97.2 cm³/mol. The Morgan fingerprint density at radius 3 is 2.71 bits per heavy atom. The second-order valence-corrected chi connectivity index (χ2v) is 6.13. The van der Waals surface area contributed by atoms with Gasteiger partial charge in [0.25, 0.3) is 0 Å². The van der Waals surface area contributed by atoms with Gasteiger partial charge < -0.3 is 20.3 Å². The maximum Gasteiger partial charge on any atom is 0.310 e. The molecule has 1 saturated heterocycles. The van der Waals surface area contributed by atoms with E-state index in [9.17, 15) is 4.79 Å². The van der Waals surface area contributed by atoms with Gasteiger partial charge in [-0.3, -0.25) is 9.79 Å². The lowest BCUT2D eigenvalue weighted by Gasteiger charge is -2.21. The Hall–Kier alpha value is -2.24. The molecule has 1 fully saturated rings. The van der Waals surface area contributed by atoms with Crippen LogP contribution in [-0.2, 0) is 9.53 Å². The van der Waals surface area contributed by atoms with Crippen LogP contribution in [0.1, 0.15) is 13.3 Å². The minimum atomic E-state index is -0.132. The SMILES string of the molecule is CN=C(NCCCNc1ccccc1)N1CC(C)C(C(=O)OC)C1. The van der Waals surface area contributed by atoms with Gasteiger partial charge in [0, 0.05) is 38.9 Å². The summed E-state index contributed by atoms with van der Waals surface area (Å²) < 4.78 is 4.89. The highest BCUT2D eigenvalue weighted by atomic mass is 16.5. The molecule has 2 atom stereocenters. The van der Waals surface area contributed by atoms with Crippen LogP contribution in [0.4, 0.5) is 5.69 Å². The Morgan fingerprint density at radius 2 is 2.04 bits per heavy atom. The van der Waals surface area contributed by atoms with Crippen LogP contribution in [0.15, 0.2) is 35.3 Å². The average Bonchev–Trinajstić information content (AvgIpc) is 3.00. The lowest BCUT2D eigenvalue weighted by molar-refractivity contribution is -0.145. The molecule has 0 bridgehead atoms. The summed E-state index contributed by atoms with van der Waals surface area (Å²) in [5.74, 6) is 0.921. The number of para-hydroxylation sites is 1. The molecule has 2 rings (SSSR count). The largest absolute Gasteiger partial charge is 0.469 e. The molecule has 6 heteroatoms. The number of methoxy groups -OCH3 is 1. The number of ether oxygens (including phenoxy) is 1. The summed E-state index contributed by atoms with van der Waals surface area (Å²) in [6, 6.07) is 10.2. The molecular weight excluding hydrogens is 304 g/mol. The third kappa shape index (κ3) is 4.88. The van der Waals surface area contributed by atoms with Crippen molar-refractivity contribution in [3.8, 4) is 0 Å². The standard InChI is InChI=1S/C18H28N4O2/c1-14-12-22(13-16(14)17(23)24-3)18(19-2)21-11-7-10-20-15-8-5-4-6-9-15/h4-6,8-9,14,16,20H,7,10-13H2,1-3H3,(H,19,21). The number of anilines is 1. The molecule has 0 radical (unpaired) electrons. The summed E-state index contributed by atoms with van der Waals surface area (Å²) in [5, 5.41) is 6.77. The fourth-order valence-corrected chi connectivity index (χ4v) is 3.01. The topological polar surface area (TPSA) is 66.0 Å². The number of hydrogen-bond acceptors (Lipinski definition) is 4. The number of nitrogens with zero attached hydrogens (tertiary/aromatic N) is 2. The fraction of sp³-hybridized carbons (Fsp3) is 0.556. The van der Waals surface area contributed by atoms with Crippen molar-refractivity contribution in [1.29, 1.82) is 0 Å². The first kappa shape index (κ1) is 18.1. The molecule has 1 aromatic carbocycles. The summed E-state index contributed by atoms with van der Waals surface area (Å²) >= 11 is 0. The molecule has 6 nitrogen and oxygen atoms in total. The molecule has 0 amide bonds. The van der Waals surface area contributed by atoms with Crippen LogP contribution in [0.2, 0.25) is 0 Å². The minimum Gasteiger partial charge on any atom is -0.469 e. The van der Waals surface area contributed by atoms with Gasteiger partial charge in [-0.15, -0.1) is 0 Å². The van der Waals surface area contributed by atoms with E-state index in [1.54, 1.807) is 7.05 Å². The van der Waals surface area contributed by atoms with Gasteiger partial charge in [-0.2, -0.15) is 0 Å². The van der Waals surface area contributed by atoms with Crippen molar-refractivity contribution in [3.63, 3.8) is 0 Å². The van der Waals surface area contributed by atoms with Crippen LogP contribution < -0.4 is 10.6 Å². The summed E-state index contributed by atoms with van der Waals surface area (Å²) in [4.78, 5) is 18.3. The zero-order valence-electron chi connectivity index (χ0n) is 14.8. The number of aliphatic imine (C=N–C) groups is 1. The van der Waals surface area contributed by atoms with Crippen molar-refractivity contribution in [2.45, 2.75) is 13.3 Å². The average molecular weight is 332 g/mol. The van der Waals surface area contributed by atoms with Crippen molar-refractivity contribution in [2.75, 3.05) is 45.7 Å². The van der Waals surface area contributed by atoms with Crippen molar-refractivity contribution < 1.29 is 9.53 Å². The zero-order chi connectivity index (χ0) is 17.4. The van der Waals surface area contributed by atoms with E-state index in [1.165, 1.54) is 7.11 Å². The molecular formula is C18H28N4O2. The number of likely N-dealkylation sites (tertiary alicyclic amines) is 1. The van der Waals surface area contributed by atoms with E-state index in [0.717, 1.165) is 37.7 Å². The Labute approximate surface area is 144 Å². The lowest BCUT2D eigenvalue weighted by Crippen LogP contribution is -2.41. The van der Waals surface area contributed by atoms with Gasteiger partial charge in [-0.25, -0.2) is 0 Å². The van der Waals surface area contributed by atoms with E-state index in [1.807, 2.05) is 18.2 Å². The highest BCUT2D eigenvalue weighted by Crippen LogP contribution is 2.23. The van der Waals surface area contributed by atoms with Gasteiger partial charge in [0.1, 0.15) is 0 Å². The Morgan fingerprint density at radius 1 is 1.29 bits per heavy atom. The van der Waals surface area contributed by atoms with Gasteiger partial charge in [0.15, 0.2) is 5.96 Å². The third-order valence-corrected chi connectivity index (χ3v) is 4.37. The molecule has 0 aliphatic carbocycles. The first-order valence-corrected chi connectivity index (χ1v) is 8.48. The summed E-state index contributed by atoms with van der Waals surface area (Å²) in [6.07, 6.45) is 0.984. The Kier molecular flexibility index (Phi) is 6.90. The van der Waals surface area contributed by atoms with Crippen molar-refractivity contribution in [1.82, 2.24) is 10.2 Å². The van der Waals surface area contributed by atoms with Gasteiger partial charge in [-0.05, 0) is 24.5 Å². The zero-order valence-corrected chi connectivity index (χ0v) is 14.8. The first-order chi connectivity index (χ1) is 11.7. The van der Waals surface area contributed by atoms with Gasteiger partial charge in [0.05, 0.1) is 13.0 Å². The van der Waals surface area contributed by atoms with Crippen molar-refractivity contribution >= 4 is 17.6 Å². The summed E-state index contributed by atoms with van der Waals surface area (Å²) in [5.41, 5.74) is 1.14. The highest BCUT2D eigenvalue weighted by Gasteiger charge is 2.36. The Balaban J connectivity index is 1.72. The number of guanidine groups is 1. The molecule has 1 aliphatic rings. The fourth-order valence-electron chi connectivity index (χ4n) is 3.01. The highest BCUT2D eigenvalue weighted by molar-refractivity contribution is 5.82. The maximum absolute atomic E-state index is 11.8. The number of carbonyl (C=O) groups excluding carboxylic acids is 1. The van der Waals surface area contributed by atoms with Crippen LogP contribution in [0.25, 0.3) is 0 Å². The molecule has 1 aliphatic heterocycles. The number of nitrogens with one attached hydrogen (secondary N) is 2. The summed E-state index contributed by atoms with van der Waals surface area (Å²) in [7, 11) is 3.23. The number of rotatable bonds is 6. The van der Waals surface area contributed by atoms with Crippen LogP contribution >= 0.6 is 0 Å². The predicted octanol–water partition coefficient (Wildman–Crippen LogP) is 1.80. The maximum atomic E-state index is 11.8. The lowest BCUT2D eigenvalue weighted by atomic mass is 9.99. The number of carbonyl (C=O) groups is 1. The monoisotopic (exact) mass is 332 g/mol. The molecule has 1 heterocycles. The molecule has 24 heavy (non-hydrogen) atoms. The second-order valence-electron chi connectivity index (χ2n) is 6.13. The molecule has 0 spiro atoms. The van der Waals surface area contributed by atoms with Gasteiger partial charge >= 0.3 is 5.97 Å². The number of hydrogen-bond donors (Lipinski definition) is 2.